The van der Waals surface area contributed by atoms with E-state index >= 15 is 0 Å². The normalized spacial score (nSPS) is 12.6. The second-order valence-corrected chi connectivity index (χ2v) is 5.02. The summed E-state index contributed by atoms with van der Waals surface area (Å²) in [6, 6.07) is 7.95. The van der Waals surface area contributed by atoms with Crippen molar-refractivity contribution in [2.24, 2.45) is 0 Å². The van der Waals surface area contributed by atoms with E-state index in [0.717, 1.165) is 25.2 Å². The van der Waals surface area contributed by atoms with Gasteiger partial charge >= 0.3 is 5.97 Å². The molecular formula is C16H25NO2. The molecule has 1 N–H and O–H groups in total. The Balaban J connectivity index is 2.62. The molecule has 19 heavy (non-hydrogen) atoms. The molecule has 0 bridgehead atoms. The van der Waals surface area contributed by atoms with Crippen molar-refractivity contribution >= 4 is 5.97 Å². The molecule has 0 aliphatic carbocycles. The van der Waals surface area contributed by atoms with E-state index in [1.54, 1.807) is 6.92 Å². The van der Waals surface area contributed by atoms with Crippen LogP contribution in [0.5, 0.6) is 0 Å². The molecule has 1 atom stereocenters. The Morgan fingerprint density at radius 1 is 1.26 bits per heavy atom. The Labute approximate surface area is 116 Å². The van der Waals surface area contributed by atoms with Crippen LogP contribution >= 0.6 is 0 Å². The van der Waals surface area contributed by atoms with Gasteiger partial charge < -0.3 is 5.11 Å². The SMILES string of the molecule is CCCCN(CC)Cc1ccc(C(C)C(=O)O)cc1. The zero-order chi connectivity index (χ0) is 14.3. The van der Waals surface area contributed by atoms with Gasteiger partial charge in [-0.25, -0.2) is 0 Å². The van der Waals surface area contributed by atoms with Gasteiger partial charge in [-0.1, -0.05) is 44.5 Å². The first-order valence-electron chi connectivity index (χ1n) is 7.12. The second-order valence-electron chi connectivity index (χ2n) is 5.02. The minimum absolute atomic E-state index is 0.434. The van der Waals surface area contributed by atoms with Gasteiger partial charge in [0.05, 0.1) is 5.92 Å². The van der Waals surface area contributed by atoms with Crippen molar-refractivity contribution in [2.45, 2.75) is 46.1 Å². The Bertz CT molecular complexity index is 386. The summed E-state index contributed by atoms with van der Waals surface area (Å²) in [4.78, 5) is 13.3. The Morgan fingerprint density at radius 2 is 1.89 bits per heavy atom. The van der Waals surface area contributed by atoms with Gasteiger partial charge in [-0.15, -0.1) is 0 Å². The first-order chi connectivity index (χ1) is 9.08. The summed E-state index contributed by atoms with van der Waals surface area (Å²) < 4.78 is 0. The van der Waals surface area contributed by atoms with Crippen LogP contribution in [0.1, 0.15) is 50.7 Å². The van der Waals surface area contributed by atoms with Gasteiger partial charge in [-0.05, 0) is 37.6 Å². The fourth-order valence-electron chi connectivity index (χ4n) is 2.04. The number of carboxylic acids is 1. The van der Waals surface area contributed by atoms with Crippen molar-refractivity contribution in [2.75, 3.05) is 13.1 Å². The maximum absolute atomic E-state index is 10.9. The molecule has 0 saturated heterocycles. The van der Waals surface area contributed by atoms with Crippen LogP contribution in [-0.2, 0) is 11.3 Å². The smallest absolute Gasteiger partial charge is 0.310 e. The average Bonchev–Trinajstić information content (AvgIpc) is 2.43. The summed E-state index contributed by atoms with van der Waals surface area (Å²) in [5, 5.41) is 8.98. The van der Waals surface area contributed by atoms with Gasteiger partial charge in [0.1, 0.15) is 0 Å². The van der Waals surface area contributed by atoms with Crippen LogP contribution in [0.4, 0.5) is 0 Å². The van der Waals surface area contributed by atoms with E-state index in [1.807, 2.05) is 24.3 Å². The number of carboxylic acid groups (broad SMARTS) is 1. The predicted octanol–water partition coefficient (Wildman–Crippen LogP) is 3.50. The number of rotatable bonds is 8. The molecule has 0 saturated carbocycles. The highest BCUT2D eigenvalue weighted by atomic mass is 16.4. The van der Waals surface area contributed by atoms with Gasteiger partial charge in [0, 0.05) is 6.54 Å². The summed E-state index contributed by atoms with van der Waals surface area (Å²) >= 11 is 0. The number of hydrogen-bond donors (Lipinski definition) is 1. The molecule has 1 unspecified atom stereocenters. The highest BCUT2D eigenvalue weighted by Crippen LogP contribution is 2.17. The third-order valence-electron chi connectivity index (χ3n) is 3.53. The molecule has 1 aromatic carbocycles. The zero-order valence-corrected chi connectivity index (χ0v) is 12.2. The van der Waals surface area contributed by atoms with E-state index in [2.05, 4.69) is 18.7 Å². The van der Waals surface area contributed by atoms with Crippen LogP contribution in [0, 0.1) is 0 Å². The molecule has 0 aliphatic heterocycles. The van der Waals surface area contributed by atoms with E-state index < -0.39 is 11.9 Å². The van der Waals surface area contributed by atoms with Gasteiger partial charge in [-0.3, -0.25) is 9.69 Å². The molecular weight excluding hydrogens is 238 g/mol. The first-order valence-corrected chi connectivity index (χ1v) is 7.12. The fraction of sp³-hybridized carbons (Fsp3) is 0.562. The molecule has 106 valence electrons. The standard InChI is InChI=1S/C16H25NO2/c1-4-6-11-17(5-2)12-14-7-9-15(10-8-14)13(3)16(18)19/h7-10,13H,4-6,11-12H2,1-3H3,(H,18,19). The van der Waals surface area contributed by atoms with Crippen molar-refractivity contribution < 1.29 is 9.90 Å². The number of hydrogen-bond acceptors (Lipinski definition) is 2. The molecule has 1 aromatic rings. The van der Waals surface area contributed by atoms with Crippen molar-refractivity contribution in [1.29, 1.82) is 0 Å². The van der Waals surface area contributed by atoms with Crippen molar-refractivity contribution in [3.8, 4) is 0 Å². The lowest BCUT2D eigenvalue weighted by Gasteiger charge is -2.20. The lowest BCUT2D eigenvalue weighted by molar-refractivity contribution is -0.138. The molecule has 0 spiro atoms. The zero-order valence-electron chi connectivity index (χ0n) is 12.2. The second kappa shape index (κ2) is 7.95. The minimum Gasteiger partial charge on any atom is -0.481 e. The molecule has 0 radical (unpaired) electrons. The highest BCUT2D eigenvalue weighted by molar-refractivity contribution is 5.75. The largest absolute Gasteiger partial charge is 0.481 e. The molecule has 0 aromatic heterocycles. The number of carbonyl (C=O) groups is 1. The maximum Gasteiger partial charge on any atom is 0.310 e. The van der Waals surface area contributed by atoms with Gasteiger partial charge in [-0.2, -0.15) is 0 Å². The molecule has 0 fully saturated rings. The topological polar surface area (TPSA) is 40.5 Å². The molecule has 3 heteroatoms. The third-order valence-corrected chi connectivity index (χ3v) is 3.53. The molecule has 1 rings (SSSR count). The van der Waals surface area contributed by atoms with Crippen LogP contribution in [0.3, 0.4) is 0 Å². The van der Waals surface area contributed by atoms with Crippen molar-refractivity contribution in [1.82, 2.24) is 4.90 Å². The Hall–Kier alpha value is -1.35. The van der Waals surface area contributed by atoms with Gasteiger partial charge in [0.15, 0.2) is 0 Å². The van der Waals surface area contributed by atoms with E-state index in [0.29, 0.717) is 0 Å². The summed E-state index contributed by atoms with van der Waals surface area (Å²) in [6.45, 7) is 9.22. The van der Waals surface area contributed by atoms with E-state index in [-0.39, 0.29) is 0 Å². The fourth-order valence-corrected chi connectivity index (χ4v) is 2.04. The molecule has 3 nitrogen and oxygen atoms in total. The van der Waals surface area contributed by atoms with Crippen LogP contribution < -0.4 is 0 Å². The Morgan fingerprint density at radius 3 is 2.37 bits per heavy atom. The lowest BCUT2D eigenvalue weighted by atomic mass is 10.00. The quantitative estimate of drug-likeness (QED) is 0.780. The summed E-state index contributed by atoms with van der Waals surface area (Å²) in [7, 11) is 0. The molecule has 0 amide bonds. The maximum atomic E-state index is 10.9. The van der Waals surface area contributed by atoms with Crippen LogP contribution in [0.25, 0.3) is 0 Å². The van der Waals surface area contributed by atoms with E-state index in [4.69, 9.17) is 5.11 Å². The van der Waals surface area contributed by atoms with Crippen molar-refractivity contribution in [3.63, 3.8) is 0 Å². The highest BCUT2D eigenvalue weighted by Gasteiger charge is 2.13. The molecule has 0 heterocycles. The predicted molar refractivity (Wildman–Crippen MR) is 78.4 cm³/mol. The minimum atomic E-state index is -0.772. The van der Waals surface area contributed by atoms with Gasteiger partial charge in [0.2, 0.25) is 0 Å². The van der Waals surface area contributed by atoms with Crippen molar-refractivity contribution in [3.05, 3.63) is 35.4 Å². The van der Waals surface area contributed by atoms with Crippen LogP contribution in [0.15, 0.2) is 24.3 Å². The summed E-state index contributed by atoms with van der Waals surface area (Å²) in [6.07, 6.45) is 2.44. The van der Waals surface area contributed by atoms with E-state index in [1.165, 1.54) is 18.4 Å². The third kappa shape index (κ3) is 5.03. The first kappa shape index (κ1) is 15.7. The summed E-state index contributed by atoms with van der Waals surface area (Å²) in [5.74, 6) is -1.21. The molecule has 0 aliphatic rings. The van der Waals surface area contributed by atoms with E-state index in [9.17, 15) is 4.79 Å². The lowest BCUT2D eigenvalue weighted by Crippen LogP contribution is -2.23. The average molecular weight is 263 g/mol. The summed E-state index contributed by atoms with van der Waals surface area (Å²) in [5.41, 5.74) is 2.12. The van der Waals surface area contributed by atoms with Gasteiger partial charge in [0.25, 0.3) is 0 Å². The number of nitrogens with zero attached hydrogens (tertiary/aromatic N) is 1. The Kier molecular flexibility index (Phi) is 6.57. The number of benzene rings is 1. The van der Waals surface area contributed by atoms with Crippen LogP contribution in [0.2, 0.25) is 0 Å². The number of unbranched alkanes of at least 4 members (excludes halogenated alkanes) is 1. The number of aliphatic carboxylic acids is 1. The monoisotopic (exact) mass is 263 g/mol. The van der Waals surface area contributed by atoms with Crippen LogP contribution in [-0.4, -0.2) is 29.1 Å².